The van der Waals surface area contributed by atoms with Crippen molar-refractivity contribution in [3.8, 4) is 0 Å². The van der Waals surface area contributed by atoms with Gasteiger partial charge in [-0.25, -0.2) is 8.42 Å². The van der Waals surface area contributed by atoms with Crippen LogP contribution in [0, 0.1) is 13.8 Å². The summed E-state index contributed by atoms with van der Waals surface area (Å²) in [5, 5.41) is 0. The summed E-state index contributed by atoms with van der Waals surface area (Å²) in [5.41, 5.74) is 5.40. The van der Waals surface area contributed by atoms with Crippen molar-refractivity contribution in [1.29, 1.82) is 0 Å². The van der Waals surface area contributed by atoms with Crippen molar-refractivity contribution in [2.24, 2.45) is 0 Å². The number of carbonyl (C=O) groups excluding carboxylic acids is 1. The molecule has 0 atom stereocenters. The molecule has 0 unspecified atom stereocenters. The molecule has 3 rings (SSSR count). The van der Waals surface area contributed by atoms with Crippen LogP contribution in [0.1, 0.15) is 37.7 Å². The monoisotopic (exact) mass is 350 g/mol. The minimum atomic E-state index is -3.77. The molecular weight excluding hydrogens is 332 g/mol. The fourth-order valence-corrected chi connectivity index (χ4v) is 4.63. The first-order valence-electron chi connectivity index (χ1n) is 7.38. The zero-order valence-corrected chi connectivity index (χ0v) is 14.6. The Labute approximate surface area is 139 Å². The van der Waals surface area contributed by atoms with Crippen molar-refractivity contribution in [2.45, 2.75) is 38.0 Å². The van der Waals surface area contributed by atoms with Crippen LogP contribution in [0.3, 0.4) is 0 Å². The molecule has 5 nitrogen and oxygen atoms in total. The number of nitrogens with one attached hydrogen (secondary N) is 2. The summed E-state index contributed by atoms with van der Waals surface area (Å²) in [4.78, 5) is 16.2. The highest BCUT2D eigenvalue weighted by Crippen LogP contribution is 2.30. The van der Waals surface area contributed by atoms with Gasteiger partial charge in [0.2, 0.25) is 0 Å². The Kier molecular flexibility index (Phi) is 4.27. The molecule has 2 aromatic rings. The van der Waals surface area contributed by atoms with Gasteiger partial charge in [0.25, 0.3) is 15.9 Å². The number of aryl methyl sites for hydroxylation is 4. The number of hydrazine groups is 1. The molecule has 0 saturated heterocycles. The second-order valence-electron chi connectivity index (χ2n) is 5.72. The fourth-order valence-electron chi connectivity index (χ4n) is 2.56. The maximum Gasteiger partial charge on any atom is 0.276 e. The zero-order chi connectivity index (χ0) is 16.6. The highest BCUT2D eigenvalue weighted by atomic mass is 32.2. The third kappa shape index (κ3) is 3.31. The number of amides is 1. The van der Waals surface area contributed by atoms with Crippen LogP contribution in [-0.2, 0) is 22.9 Å². The molecule has 0 fully saturated rings. The van der Waals surface area contributed by atoms with Crippen molar-refractivity contribution in [3.05, 3.63) is 50.7 Å². The average molecular weight is 350 g/mol. The molecule has 0 saturated carbocycles. The standard InChI is InChI=1S/C16H18N2O3S2/c1-10-6-7-13(8-11(10)2)23(20,21)18-17-16(19)15-9-12-4-3-5-14(12)22-15/h6-9,18H,3-5H2,1-2H3,(H,17,19). The third-order valence-electron chi connectivity index (χ3n) is 4.06. The normalized spacial score (nSPS) is 13.8. The molecule has 0 aliphatic heterocycles. The van der Waals surface area contributed by atoms with E-state index in [1.165, 1.54) is 27.8 Å². The van der Waals surface area contributed by atoms with Crippen LogP contribution < -0.4 is 10.3 Å². The Balaban J connectivity index is 1.70. The predicted octanol–water partition coefficient (Wildman–Crippen LogP) is 2.48. The zero-order valence-electron chi connectivity index (χ0n) is 13.0. The molecule has 0 spiro atoms. The number of hydrogen-bond donors (Lipinski definition) is 2. The van der Waals surface area contributed by atoms with Gasteiger partial charge in [-0.3, -0.25) is 10.2 Å². The second kappa shape index (κ2) is 6.07. The molecule has 1 aromatic carbocycles. The number of hydrogen-bond acceptors (Lipinski definition) is 4. The Hall–Kier alpha value is -1.70. The molecule has 122 valence electrons. The molecule has 1 heterocycles. The lowest BCUT2D eigenvalue weighted by Gasteiger charge is -2.09. The number of rotatable bonds is 4. The van der Waals surface area contributed by atoms with Crippen LogP contribution in [0.4, 0.5) is 0 Å². The van der Waals surface area contributed by atoms with Gasteiger partial charge in [0.15, 0.2) is 0 Å². The lowest BCUT2D eigenvalue weighted by Crippen LogP contribution is -2.41. The first-order valence-corrected chi connectivity index (χ1v) is 9.68. The molecular formula is C16H18N2O3S2. The lowest BCUT2D eigenvalue weighted by molar-refractivity contribution is 0.0949. The first kappa shape index (κ1) is 16.2. The summed E-state index contributed by atoms with van der Waals surface area (Å²) < 4.78 is 24.5. The van der Waals surface area contributed by atoms with Crippen molar-refractivity contribution >= 4 is 27.3 Å². The van der Waals surface area contributed by atoms with Crippen molar-refractivity contribution < 1.29 is 13.2 Å². The third-order valence-corrected chi connectivity index (χ3v) is 6.54. The molecule has 0 radical (unpaired) electrons. The van der Waals surface area contributed by atoms with Gasteiger partial charge in [-0.1, -0.05) is 6.07 Å². The van der Waals surface area contributed by atoms with Gasteiger partial charge in [0, 0.05) is 4.88 Å². The van der Waals surface area contributed by atoms with Crippen molar-refractivity contribution in [3.63, 3.8) is 0 Å². The van der Waals surface area contributed by atoms with Gasteiger partial charge < -0.3 is 0 Å². The number of fused-ring (bicyclic) bond motifs is 1. The molecule has 1 amide bonds. The van der Waals surface area contributed by atoms with Gasteiger partial charge in [-0.05, 0) is 68.0 Å². The van der Waals surface area contributed by atoms with Crippen LogP contribution in [-0.4, -0.2) is 14.3 Å². The summed E-state index contributed by atoms with van der Waals surface area (Å²) in [6.45, 7) is 3.76. The summed E-state index contributed by atoms with van der Waals surface area (Å²) in [5.74, 6) is -0.420. The van der Waals surface area contributed by atoms with Crippen LogP contribution in [0.2, 0.25) is 0 Å². The molecule has 1 aliphatic rings. The lowest BCUT2D eigenvalue weighted by atomic mass is 10.1. The molecule has 1 aliphatic carbocycles. The summed E-state index contributed by atoms with van der Waals surface area (Å²) in [6, 6.07) is 6.71. The van der Waals surface area contributed by atoms with E-state index in [0.717, 1.165) is 30.4 Å². The summed E-state index contributed by atoms with van der Waals surface area (Å²) in [6.07, 6.45) is 3.12. The van der Waals surface area contributed by atoms with E-state index in [1.54, 1.807) is 12.1 Å². The topological polar surface area (TPSA) is 75.3 Å². The number of carbonyl (C=O) groups is 1. The van der Waals surface area contributed by atoms with Gasteiger partial charge in [-0.2, -0.15) is 0 Å². The Bertz CT molecular complexity index is 848. The van der Waals surface area contributed by atoms with Gasteiger partial charge in [0.05, 0.1) is 9.77 Å². The predicted molar refractivity (Wildman–Crippen MR) is 90.0 cm³/mol. The summed E-state index contributed by atoms with van der Waals surface area (Å²) in [7, 11) is -3.77. The second-order valence-corrected chi connectivity index (χ2v) is 8.54. The smallest absolute Gasteiger partial charge is 0.273 e. The van der Waals surface area contributed by atoms with Crippen LogP contribution in [0.5, 0.6) is 0 Å². The van der Waals surface area contributed by atoms with Crippen LogP contribution in [0.15, 0.2) is 29.2 Å². The Morgan fingerprint density at radius 2 is 1.91 bits per heavy atom. The number of benzene rings is 1. The quantitative estimate of drug-likeness (QED) is 0.832. The molecule has 1 aromatic heterocycles. The SMILES string of the molecule is Cc1ccc(S(=O)(=O)NNC(=O)c2cc3c(s2)CCC3)cc1C. The Morgan fingerprint density at radius 3 is 2.61 bits per heavy atom. The van der Waals surface area contributed by atoms with Crippen molar-refractivity contribution in [1.82, 2.24) is 10.3 Å². The van der Waals surface area contributed by atoms with E-state index in [0.29, 0.717) is 4.88 Å². The minimum absolute atomic E-state index is 0.134. The van der Waals surface area contributed by atoms with E-state index in [-0.39, 0.29) is 4.90 Å². The highest BCUT2D eigenvalue weighted by Gasteiger charge is 2.20. The van der Waals surface area contributed by atoms with E-state index in [4.69, 9.17) is 0 Å². The largest absolute Gasteiger partial charge is 0.276 e. The summed E-state index contributed by atoms with van der Waals surface area (Å²) >= 11 is 1.43. The van der Waals surface area contributed by atoms with E-state index in [1.807, 2.05) is 19.9 Å². The van der Waals surface area contributed by atoms with Gasteiger partial charge in [0.1, 0.15) is 0 Å². The first-order chi connectivity index (χ1) is 10.9. The fraction of sp³-hybridized carbons (Fsp3) is 0.312. The number of thiophene rings is 1. The maximum atomic E-state index is 12.2. The molecule has 0 bridgehead atoms. The average Bonchev–Trinajstić information content (AvgIpc) is 3.09. The highest BCUT2D eigenvalue weighted by molar-refractivity contribution is 7.89. The molecule has 23 heavy (non-hydrogen) atoms. The van der Waals surface area contributed by atoms with Crippen LogP contribution >= 0.6 is 11.3 Å². The van der Waals surface area contributed by atoms with Gasteiger partial charge >= 0.3 is 0 Å². The van der Waals surface area contributed by atoms with E-state index >= 15 is 0 Å². The van der Waals surface area contributed by atoms with E-state index in [2.05, 4.69) is 10.3 Å². The molecule has 7 heteroatoms. The maximum absolute atomic E-state index is 12.2. The number of sulfonamides is 1. The van der Waals surface area contributed by atoms with Crippen molar-refractivity contribution in [2.75, 3.05) is 0 Å². The minimum Gasteiger partial charge on any atom is -0.273 e. The van der Waals surface area contributed by atoms with E-state index < -0.39 is 15.9 Å². The van der Waals surface area contributed by atoms with Crippen LogP contribution in [0.25, 0.3) is 0 Å². The van der Waals surface area contributed by atoms with E-state index in [9.17, 15) is 13.2 Å². The Morgan fingerprint density at radius 1 is 1.13 bits per heavy atom. The van der Waals surface area contributed by atoms with Gasteiger partial charge in [-0.15, -0.1) is 16.2 Å². The molecule has 2 N–H and O–H groups in total.